The van der Waals surface area contributed by atoms with Crippen molar-refractivity contribution in [2.24, 2.45) is 0 Å². The van der Waals surface area contributed by atoms with Crippen molar-refractivity contribution in [1.29, 1.82) is 0 Å². The van der Waals surface area contributed by atoms with Crippen LogP contribution < -0.4 is 10.6 Å². The van der Waals surface area contributed by atoms with E-state index in [-0.39, 0.29) is 17.7 Å². The number of rotatable bonds is 2. The van der Waals surface area contributed by atoms with Gasteiger partial charge in [-0.25, -0.2) is 0 Å². The van der Waals surface area contributed by atoms with Crippen molar-refractivity contribution in [3.05, 3.63) is 102 Å². The first kappa shape index (κ1) is 16.8. The van der Waals surface area contributed by atoms with E-state index < -0.39 is 0 Å². The maximum absolute atomic E-state index is 13.3. The Morgan fingerprint density at radius 3 is 2.36 bits per heavy atom. The molecular formula is C24H21N3O. The van der Waals surface area contributed by atoms with Gasteiger partial charge in [-0.2, -0.15) is 0 Å². The third-order valence-electron chi connectivity index (χ3n) is 5.60. The molecule has 1 aromatic heterocycles. The molecule has 0 radical (unpaired) electrons. The molecule has 1 aliphatic heterocycles. The van der Waals surface area contributed by atoms with E-state index in [1.165, 1.54) is 5.56 Å². The van der Waals surface area contributed by atoms with Crippen molar-refractivity contribution >= 4 is 17.2 Å². The number of para-hydroxylation sites is 2. The zero-order valence-corrected chi connectivity index (χ0v) is 15.4. The third-order valence-corrected chi connectivity index (χ3v) is 5.60. The molecule has 2 atom stereocenters. The maximum atomic E-state index is 13.3. The summed E-state index contributed by atoms with van der Waals surface area (Å²) in [6.45, 7) is 0. The van der Waals surface area contributed by atoms with Crippen LogP contribution in [0.2, 0.25) is 0 Å². The number of anilines is 2. The fraction of sp³-hybridized carbons (Fsp3) is 0.167. The smallest absolute Gasteiger partial charge is 0.163 e. The molecule has 2 aliphatic rings. The van der Waals surface area contributed by atoms with Crippen LogP contribution in [0.25, 0.3) is 0 Å². The Bertz CT molecular complexity index is 1040. The van der Waals surface area contributed by atoms with Gasteiger partial charge in [-0.05, 0) is 41.7 Å². The van der Waals surface area contributed by atoms with Gasteiger partial charge in [0.25, 0.3) is 0 Å². The normalized spacial score (nSPS) is 21.1. The van der Waals surface area contributed by atoms with Gasteiger partial charge < -0.3 is 10.6 Å². The molecule has 0 amide bonds. The fourth-order valence-electron chi connectivity index (χ4n) is 4.25. The molecule has 28 heavy (non-hydrogen) atoms. The van der Waals surface area contributed by atoms with Crippen molar-refractivity contribution in [3.63, 3.8) is 0 Å². The van der Waals surface area contributed by atoms with E-state index in [1.54, 1.807) is 6.20 Å². The molecule has 4 nitrogen and oxygen atoms in total. The number of allylic oxidation sites excluding steroid dienone is 1. The second kappa shape index (κ2) is 6.97. The van der Waals surface area contributed by atoms with E-state index in [2.05, 4.69) is 33.8 Å². The number of hydrogen-bond donors (Lipinski definition) is 2. The highest BCUT2D eigenvalue weighted by Gasteiger charge is 2.35. The van der Waals surface area contributed by atoms with Crippen LogP contribution in [0.5, 0.6) is 0 Å². The van der Waals surface area contributed by atoms with Crippen LogP contribution in [0, 0.1) is 0 Å². The average molecular weight is 367 g/mol. The van der Waals surface area contributed by atoms with Gasteiger partial charge in [0.2, 0.25) is 0 Å². The van der Waals surface area contributed by atoms with Gasteiger partial charge in [0.1, 0.15) is 0 Å². The van der Waals surface area contributed by atoms with Gasteiger partial charge in [-0.3, -0.25) is 9.78 Å². The van der Waals surface area contributed by atoms with Crippen LogP contribution in [0.4, 0.5) is 11.4 Å². The number of benzene rings is 2. The molecule has 0 unspecified atom stereocenters. The molecule has 0 spiro atoms. The fourth-order valence-corrected chi connectivity index (χ4v) is 4.25. The first-order valence-corrected chi connectivity index (χ1v) is 9.63. The second-order valence-corrected chi connectivity index (χ2v) is 7.37. The first-order chi connectivity index (χ1) is 13.8. The van der Waals surface area contributed by atoms with Crippen molar-refractivity contribution in [3.8, 4) is 0 Å². The van der Waals surface area contributed by atoms with Crippen molar-refractivity contribution in [2.75, 3.05) is 10.6 Å². The summed E-state index contributed by atoms with van der Waals surface area (Å²) in [6, 6.07) is 22.2. The predicted molar refractivity (Wildman–Crippen MR) is 111 cm³/mol. The van der Waals surface area contributed by atoms with E-state index in [9.17, 15) is 4.79 Å². The summed E-state index contributed by atoms with van der Waals surface area (Å²) in [4.78, 5) is 17.6. The molecule has 2 aromatic carbocycles. The number of fused-ring (bicyclic) bond motifs is 1. The van der Waals surface area contributed by atoms with Crippen molar-refractivity contribution in [1.82, 2.24) is 4.98 Å². The molecule has 5 rings (SSSR count). The Hall–Kier alpha value is -3.40. The number of carbonyl (C=O) groups excluding carboxylic acids is 1. The zero-order chi connectivity index (χ0) is 18.9. The first-order valence-electron chi connectivity index (χ1n) is 9.63. The highest BCUT2D eigenvalue weighted by Crippen LogP contribution is 2.43. The minimum atomic E-state index is -0.205. The second-order valence-electron chi connectivity index (χ2n) is 7.37. The minimum Gasteiger partial charge on any atom is -0.372 e. The predicted octanol–water partition coefficient (Wildman–Crippen LogP) is 5.06. The van der Waals surface area contributed by atoms with Crippen molar-refractivity contribution < 1.29 is 4.79 Å². The lowest BCUT2D eigenvalue weighted by Crippen LogP contribution is -2.26. The zero-order valence-electron chi connectivity index (χ0n) is 15.4. The maximum Gasteiger partial charge on any atom is 0.163 e. The molecular weight excluding hydrogens is 346 g/mol. The Balaban J connectivity index is 1.62. The summed E-state index contributed by atoms with van der Waals surface area (Å²) in [7, 11) is 0. The Morgan fingerprint density at radius 2 is 1.57 bits per heavy atom. The number of ketones is 1. The van der Waals surface area contributed by atoms with E-state index in [1.807, 2.05) is 54.7 Å². The number of pyridine rings is 1. The number of nitrogens with one attached hydrogen (secondary N) is 2. The Morgan fingerprint density at radius 1 is 0.821 bits per heavy atom. The number of aromatic nitrogens is 1. The van der Waals surface area contributed by atoms with Crippen LogP contribution >= 0.6 is 0 Å². The summed E-state index contributed by atoms with van der Waals surface area (Å²) in [6.07, 6.45) is 4.94. The molecule has 0 saturated carbocycles. The molecule has 3 aromatic rings. The van der Waals surface area contributed by atoms with Gasteiger partial charge in [-0.15, -0.1) is 0 Å². The van der Waals surface area contributed by atoms with Gasteiger partial charge in [0, 0.05) is 30.1 Å². The van der Waals surface area contributed by atoms with E-state index >= 15 is 0 Å². The number of hydrogen-bond acceptors (Lipinski definition) is 4. The standard InChI is InChI=1S/C24H21N3O/c28-22-14-18(16-7-2-1-3-8-16)13-21-23(22)24(17-9-6-12-25-15-17)27-20-11-5-4-10-19(20)26-21/h1-12,15,18,24,26-27H,13-14H2/t18-,24+/m1/s1. The molecule has 0 bridgehead atoms. The monoisotopic (exact) mass is 367 g/mol. The third kappa shape index (κ3) is 2.97. The minimum absolute atomic E-state index is 0.191. The highest BCUT2D eigenvalue weighted by atomic mass is 16.1. The molecule has 138 valence electrons. The lowest BCUT2D eigenvalue weighted by atomic mass is 9.79. The highest BCUT2D eigenvalue weighted by molar-refractivity contribution is 6.01. The molecule has 0 saturated heterocycles. The molecule has 1 aliphatic carbocycles. The largest absolute Gasteiger partial charge is 0.372 e. The summed E-state index contributed by atoms with van der Waals surface area (Å²) in [5.41, 5.74) is 6.05. The lowest BCUT2D eigenvalue weighted by molar-refractivity contribution is -0.116. The van der Waals surface area contributed by atoms with E-state index in [0.717, 1.165) is 34.6 Å². The molecule has 0 fully saturated rings. The quantitative estimate of drug-likeness (QED) is 0.665. The SMILES string of the molecule is O=C1C[C@H](c2ccccc2)CC2=C1[C@H](c1cccnc1)Nc1ccccc1N2. The number of nitrogens with zero attached hydrogens (tertiary/aromatic N) is 1. The van der Waals surface area contributed by atoms with Gasteiger partial charge >= 0.3 is 0 Å². The van der Waals surface area contributed by atoms with Crippen LogP contribution in [0.1, 0.15) is 35.9 Å². The summed E-state index contributed by atoms with van der Waals surface area (Å²) in [5, 5.41) is 7.15. The Labute approximate surface area is 164 Å². The number of Topliss-reactive ketones (excluding diaryl/α,β-unsaturated/α-hetero) is 1. The summed E-state index contributed by atoms with van der Waals surface area (Å²) < 4.78 is 0. The number of carbonyl (C=O) groups is 1. The molecule has 4 heteroatoms. The Kier molecular flexibility index (Phi) is 4.17. The van der Waals surface area contributed by atoms with Crippen LogP contribution in [0.15, 0.2) is 90.4 Å². The van der Waals surface area contributed by atoms with Crippen LogP contribution in [-0.2, 0) is 4.79 Å². The van der Waals surface area contributed by atoms with Crippen molar-refractivity contribution in [2.45, 2.75) is 24.8 Å². The van der Waals surface area contributed by atoms with Crippen LogP contribution in [-0.4, -0.2) is 10.8 Å². The van der Waals surface area contributed by atoms with E-state index in [4.69, 9.17) is 0 Å². The van der Waals surface area contributed by atoms with Crippen LogP contribution in [0.3, 0.4) is 0 Å². The average Bonchev–Trinajstić information content (AvgIpc) is 2.92. The van der Waals surface area contributed by atoms with Gasteiger partial charge in [0.15, 0.2) is 5.78 Å². The lowest BCUT2D eigenvalue weighted by Gasteiger charge is -2.29. The van der Waals surface area contributed by atoms with E-state index in [0.29, 0.717) is 6.42 Å². The molecule has 2 heterocycles. The summed E-state index contributed by atoms with van der Waals surface area (Å²) in [5.74, 6) is 0.386. The summed E-state index contributed by atoms with van der Waals surface area (Å²) >= 11 is 0. The van der Waals surface area contributed by atoms with Gasteiger partial charge in [-0.1, -0.05) is 48.5 Å². The van der Waals surface area contributed by atoms with Gasteiger partial charge in [0.05, 0.1) is 17.4 Å². The topological polar surface area (TPSA) is 54.0 Å². The molecule has 2 N–H and O–H groups in total.